The van der Waals surface area contributed by atoms with Crippen molar-refractivity contribution < 1.29 is 12.6 Å². The summed E-state index contributed by atoms with van der Waals surface area (Å²) >= 11 is -1.52. The van der Waals surface area contributed by atoms with Gasteiger partial charge in [-0.05, 0) is 20.8 Å². The van der Waals surface area contributed by atoms with Crippen LogP contribution in [0.1, 0.15) is 20.8 Å². The molecule has 54 valence electrons. The van der Waals surface area contributed by atoms with E-state index in [1.807, 2.05) is 20.8 Å². The average Bonchev–Trinajstić information content (AvgIpc) is 1.79. The molecule has 4 heteroatoms. The van der Waals surface area contributed by atoms with Crippen LogP contribution in [0.5, 0.6) is 0 Å². The van der Waals surface area contributed by atoms with Crippen LogP contribution in [-0.4, -0.2) is 15.9 Å². The van der Waals surface area contributed by atoms with E-state index < -0.39 is 17.0 Å². The summed E-state index contributed by atoms with van der Waals surface area (Å²) in [6, 6.07) is 0. The topological polar surface area (TPSA) is 35.5 Å². The van der Waals surface area contributed by atoms with Crippen molar-refractivity contribution in [3.05, 3.63) is 0 Å². The van der Waals surface area contributed by atoms with Gasteiger partial charge in [0.1, 0.15) is 11.7 Å². The molecule has 1 aliphatic heterocycles. The minimum absolute atomic E-state index is 0.0849. The molecule has 1 aliphatic rings. The van der Waals surface area contributed by atoms with E-state index in [0.717, 1.165) is 0 Å². The van der Waals surface area contributed by atoms with E-state index in [1.165, 1.54) is 0 Å². The summed E-state index contributed by atoms with van der Waals surface area (Å²) in [7, 11) is 0. The third kappa shape index (κ3) is 1.31. The maximum Gasteiger partial charge on any atom is 0.305 e. The van der Waals surface area contributed by atoms with Crippen molar-refractivity contribution in [2.24, 2.45) is 0 Å². The molecule has 1 heterocycles. The maximum atomic E-state index is 10.5. The molecule has 3 nitrogen and oxygen atoms in total. The Morgan fingerprint density at radius 1 is 1.56 bits per heavy atom. The van der Waals surface area contributed by atoms with E-state index in [9.17, 15) is 4.21 Å². The largest absolute Gasteiger partial charge is 0.305 e. The minimum Gasteiger partial charge on any atom is -0.262 e. The minimum atomic E-state index is -1.52. The highest BCUT2D eigenvalue weighted by atomic mass is 32.2. The van der Waals surface area contributed by atoms with Crippen molar-refractivity contribution in [1.82, 2.24) is 0 Å². The van der Waals surface area contributed by atoms with Crippen LogP contribution in [0, 0.1) is 0 Å². The second-order valence-electron chi connectivity index (χ2n) is 2.63. The molecule has 0 aromatic rings. The fraction of sp³-hybridized carbons (Fsp3) is 1.00. The van der Waals surface area contributed by atoms with Crippen LogP contribution < -0.4 is 0 Å². The quantitative estimate of drug-likeness (QED) is 0.512. The van der Waals surface area contributed by atoms with Gasteiger partial charge in [-0.25, -0.2) is 0 Å². The predicted octanol–water partition coefficient (Wildman–Crippen LogP) is 0.779. The second-order valence-corrected chi connectivity index (χ2v) is 3.40. The van der Waals surface area contributed by atoms with Crippen LogP contribution in [0.25, 0.3) is 0 Å². The Morgan fingerprint density at radius 2 is 2.11 bits per heavy atom. The van der Waals surface area contributed by atoms with Gasteiger partial charge in [-0.2, -0.15) is 4.21 Å². The molecule has 9 heavy (non-hydrogen) atoms. The number of hydrogen-bond acceptors (Lipinski definition) is 3. The monoisotopic (exact) mass is 150 g/mol. The van der Waals surface area contributed by atoms with Crippen molar-refractivity contribution in [1.29, 1.82) is 0 Å². The Bertz CT molecular complexity index is 143. The highest BCUT2D eigenvalue weighted by molar-refractivity contribution is 7.75. The average molecular weight is 150 g/mol. The van der Waals surface area contributed by atoms with Crippen LogP contribution in [0.4, 0.5) is 0 Å². The van der Waals surface area contributed by atoms with Crippen molar-refractivity contribution in [3.63, 3.8) is 0 Å². The van der Waals surface area contributed by atoms with Crippen molar-refractivity contribution in [2.45, 2.75) is 32.5 Å². The molecular formula is C5H10O3S. The molecule has 1 fully saturated rings. The Labute approximate surface area is 57.2 Å². The third-order valence-electron chi connectivity index (χ3n) is 1.48. The summed E-state index contributed by atoms with van der Waals surface area (Å²) in [4.78, 5) is 0. The molecule has 0 aromatic carbocycles. The molecular weight excluding hydrogens is 140 g/mol. The lowest BCUT2D eigenvalue weighted by atomic mass is 10.0. The summed E-state index contributed by atoms with van der Waals surface area (Å²) in [6.07, 6.45) is -0.0849. The van der Waals surface area contributed by atoms with E-state index in [-0.39, 0.29) is 6.10 Å². The van der Waals surface area contributed by atoms with E-state index in [0.29, 0.717) is 0 Å². The first-order valence-electron chi connectivity index (χ1n) is 2.81. The molecule has 2 unspecified atom stereocenters. The van der Waals surface area contributed by atoms with Gasteiger partial charge in [0.05, 0.1) is 0 Å². The van der Waals surface area contributed by atoms with E-state index in [1.54, 1.807) is 0 Å². The van der Waals surface area contributed by atoms with Gasteiger partial charge < -0.3 is 0 Å². The molecule has 0 spiro atoms. The van der Waals surface area contributed by atoms with E-state index in [2.05, 4.69) is 0 Å². The summed E-state index contributed by atoms with van der Waals surface area (Å²) in [5.74, 6) is 0. The van der Waals surface area contributed by atoms with Crippen molar-refractivity contribution >= 4 is 11.4 Å². The zero-order valence-corrected chi connectivity index (χ0v) is 6.53. The Kier molecular flexibility index (Phi) is 1.63. The van der Waals surface area contributed by atoms with Gasteiger partial charge in [0, 0.05) is 0 Å². The Morgan fingerprint density at radius 3 is 2.22 bits per heavy atom. The van der Waals surface area contributed by atoms with E-state index in [4.69, 9.17) is 8.37 Å². The van der Waals surface area contributed by atoms with Crippen LogP contribution in [0.15, 0.2) is 0 Å². The molecule has 0 N–H and O–H groups in total. The molecule has 1 rings (SSSR count). The molecule has 0 aliphatic carbocycles. The lowest BCUT2D eigenvalue weighted by molar-refractivity contribution is 0.0854. The normalized spacial score (nSPS) is 41.2. The van der Waals surface area contributed by atoms with Crippen LogP contribution in [0.2, 0.25) is 0 Å². The molecule has 0 bridgehead atoms. The third-order valence-corrected chi connectivity index (χ3v) is 2.50. The van der Waals surface area contributed by atoms with Gasteiger partial charge in [-0.1, -0.05) is 0 Å². The fourth-order valence-electron chi connectivity index (χ4n) is 0.496. The lowest BCUT2D eigenvalue weighted by Gasteiger charge is -2.16. The van der Waals surface area contributed by atoms with Crippen molar-refractivity contribution in [3.8, 4) is 0 Å². The van der Waals surface area contributed by atoms with Crippen molar-refractivity contribution in [2.75, 3.05) is 0 Å². The number of rotatable bonds is 0. The van der Waals surface area contributed by atoms with Gasteiger partial charge in [0.2, 0.25) is 0 Å². The smallest absolute Gasteiger partial charge is 0.262 e. The highest BCUT2D eigenvalue weighted by Gasteiger charge is 2.39. The first kappa shape index (κ1) is 7.18. The maximum absolute atomic E-state index is 10.5. The standard InChI is InChI=1S/C5H10O3S/c1-4-5(2,3)8-9(6)7-4/h4H,1-3H3. The summed E-state index contributed by atoms with van der Waals surface area (Å²) in [5, 5.41) is 0. The van der Waals surface area contributed by atoms with E-state index >= 15 is 0 Å². The summed E-state index contributed by atoms with van der Waals surface area (Å²) < 4.78 is 20.3. The first-order valence-corrected chi connectivity index (χ1v) is 3.81. The molecule has 0 saturated carbocycles. The zero-order chi connectivity index (χ0) is 7.07. The highest BCUT2D eigenvalue weighted by Crippen LogP contribution is 2.27. The fourth-order valence-corrected chi connectivity index (χ4v) is 1.49. The summed E-state index contributed by atoms with van der Waals surface area (Å²) in [6.45, 7) is 5.54. The molecule has 0 aromatic heterocycles. The lowest BCUT2D eigenvalue weighted by Crippen LogP contribution is -2.29. The summed E-state index contributed by atoms with van der Waals surface area (Å²) in [5.41, 5.74) is -0.398. The second kappa shape index (κ2) is 2.04. The molecule has 1 saturated heterocycles. The number of hydrogen-bond donors (Lipinski definition) is 0. The van der Waals surface area contributed by atoms with Crippen LogP contribution >= 0.6 is 0 Å². The Hall–Kier alpha value is 0.0700. The van der Waals surface area contributed by atoms with Gasteiger partial charge in [-0.15, -0.1) is 0 Å². The first-order chi connectivity index (χ1) is 4.02. The predicted molar refractivity (Wildman–Crippen MR) is 33.9 cm³/mol. The van der Waals surface area contributed by atoms with Gasteiger partial charge >= 0.3 is 11.4 Å². The molecule has 0 radical (unpaired) electrons. The van der Waals surface area contributed by atoms with Gasteiger partial charge in [0.15, 0.2) is 0 Å². The molecule has 0 amide bonds. The van der Waals surface area contributed by atoms with Crippen LogP contribution in [0.3, 0.4) is 0 Å². The van der Waals surface area contributed by atoms with Gasteiger partial charge in [0.25, 0.3) is 0 Å². The molecule has 2 atom stereocenters. The van der Waals surface area contributed by atoms with Crippen LogP contribution in [-0.2, 0) is 19.7 Å². The Balaban J connectivity index is 2.69. The SMILES string of the molecule is CC1OS(=O)OC1(C)C. The zero-order valence-electron chi connectivity index (χ0n) is 5.71. The van der Waals surface area contributed by atoms with Gasteiger partial charge in [-0.3, -0.25) is 8.37 Å².